The number of nitrogens with zero attached hydrogens (tertiary/aromatic N) is 5. The topological polar surface area (TPSA) is 86.3 Å². The molecule has 4 heterocycles. The van der Waals surface area contributed by atoms with Gasteiger partial charge in [0.25, 0.3) is 0 Å². The summed E-state index contributed by atoms with van der Waals surface area (Å²) in [4.78, 5) is 31.6. The molecule has 8 nitrogen and oxygen atoms in total. The third-order valence-electron chi connectivity index (χ3n) is 8.84. The summed E-state index contributed by atoms with van der Waals surface area (Å²) in [6, 6.07) is 5.27. The summed E-state index contributed by atoms with van der Waals surface area (Å²) in [6.45, 7) is 8.84. The fourth-order valence-electron chi connectivity index (χ4n) is 6.57. The Morgan fingerprint density at radius 1 is 1.05 bits per heavy atom. The van der Waals surface area contributed by atoms with Crippen molar-refractivity contribution in [2.45, 2.75) is 70.9 Å². The molecule has 38 heavy (non-hydrogen) atoms. The molecule has 1 saturated heterocycles. The van der Waals surface area contributed by atoms with Crippen molar-refractivity contribution in [3.05, 3.63) is 47.3 Å². The van der Waals surface area contributed by atoms with Crippen molar-refractivity contribution in [3.8, 4) is 0 Å². The van der Waals surface area contributed by atoms with E-state index in [4.69, 9.17) is 9.97 Å². The third kappa shape index (κ3) is 5.12. The molecule has 4 aliphatic rings. The molecule has 0 radical (unpaired) electrons. The lowest BCUT2D eigenvalue weighted by molar-refractivity contribution is -0.113. The standard InChI is InChI=1S/C30H39N7O/c1-20-26-18-33-30(35-29(26)37(19-27(20)21(2)38)25-5-3-4-6-25)34-28-12-9-23(17-32-28)22-7-10-24(11-8-22)36-15-13-31-14-16-36/h7,9,12,17-18,24-25,31H,3-6,8,10-11,13-16,19H2,1-2H3,(H,32,33,34,35). The molecule has 0 amide bonds. The van der Waals surface area contributed by atoms with Crippen LogP contribution in [-0.2, 0) is 4.79 Å². The SMILES string of the molecule is CC(=O)C1=C(C)c2cnc(Nc3ccc(C4=CCC(N5CCNCC5)CC4)cn3)nc2N(C2CCCC2)C1. The van der Waals surface area contributed by atoms with Crippen LogP contribution in [0.25, 0.3) is 11.1 Å². The van der Waals surface area contributed by atoms with Gasteiger partial charge in [0.1, 0.15) is 11.6 Å². The first kappa shape index (κ1) is 25.2. The lowest BCUT2D eigenvalue weighted by atomic mass is 9.90. The molecular weight excluding hydrogens is 474 g/mol. The minimum Gasteiger partial charge on any atom is -0.348 e. The second kappa shape index (κ2) is 10.9. The normalized spacial score (nSPS) is 22.8. The molecular formula is C30H39N7O. The fraction of sp³-hybridized carbons (Fsp3) is 0.533. The van der Waals surface area contributed by atoms with E-state index in [1.54, 1.807) is 6.92 Å². The van der Waals surface area contributed by atoms with E-state index in [9.17, 15) is 4.79 Å². The van der Waals surface area contributed by atoms with Gasteiger partial charge in [0.05, 0.1) is 0 Å². The summed E-state index contributed by atoms with van der Waals surface area (Å²) in [5.74, 6) is 2.35. The van der Waals surface area contributed by atoms with Crippen molar-refractivity contribution in [1.82, 2.24) is 25.2 Å². The van der Waals surface area contributed by atoms with Crippen LogP contribution in [0.4, 0.5) is 17.6 Å². The lowest BCUT2D eigenvalue weighted by Gasteiger charge is -2.36. The molecule has 6 rings (SSSR count). The summed E-state index contributed by atoms with van der Waals surface area (Å²) in [5, 5.41) is 6.77. The minimum absolute atomic E-state index is 0.134. The largest absolute Gasteiger partial charge is 0.348 e. The molecule has 0 spiro atoms. The van der Waals surface area contributed by atoms with Gasteiger partial charge in [-0.05, 0) is 74.8 Å². The molecule has 1 unspecified atom stereocenters. The number of fused-ring (bicyclic) bond motifs is 1. The van der Waals surface area contributed by atoms with Crippen LogP contribution < -0.4 is 15.5 Å². The summed E-state index contributed by atoms with van der Waals surface area (Å²) < 4.78 is 0. The first-order valence-electron chi connectivity index (χ1n) is 14.3. The van der Waals surface area contributed by atoms with Crippen LogP contribution in [0.3, 0.4) is 0 Å². The van der Waals surface area contributed by atoms with E-state index >= 15 is 0 Å². The maximum absolute atomic E-state index is 12.4. The Labute approximate surface area is 225 Å². The van der Waals surface area contributed by atoms with Gasteiger partial charge in [-0.25, -0.2) is 9.97 Å². The van der Waals surface area contributed by atoms with Crippen molar-refractivity contribution in [2.75, 3.05) is 42.9 Å². The number of Topliss-reactive ketones (excluding diaryl/α,β-unsaturated/α-hetero) is 1. The zero-order valence-electron chi connectivity index (χ0n) is 22.7. The summed E-state index contributed by atoms with van der Waals surface area (Å²) in [5.41, 5.74) is 5.44. The predicted octanol–water partition coefficient (Wildman–Crippen LogP) is 4.58. The second-order valence-electron chi connectivity index (χ2n) is 11.2. The van der Waals surface area contributed by atoms with Crippen molar-refractivity contribution in [1.29, 1.82) is 0 Å². The van der Waals surface area contributed by atoms with Gasteiger partial charge in [-0.3, -0.25) is 9.69 Å². The van der Waals surface area contributed by atoms with Gasteiger partial charge in [0.2, 0.25) is 5.95 Å². The average molecular weight is 514 g/mol. The molecule has 2 aromatic heterocycles. The lowest BCUT2D eigenvalue weighted by Crippen LogP contribution is -2.48. The zero-order valence-corrected chi connectivity index (χ0v) is 22.7. The van der Waals surface area contributed by atoms with Gasteiger partial charge in [-0.1, -0.05) is 18.9 Å². The number of carbonyl (C=O) groups is 1. The van der Waals surface area contributed by atoms with Crippen molar-refractivity contribution in [2.24, 2.45) is 0 Å². The van der Waals surface area contributed by atoms with Crippen LogP contribution in [-0.4, -0.2) is 70.4 Å². The molecule has 8 heteroatoms. The molecule has 2 N–H and O–H groups in total. The van der Waals surface area contributed by atoms with Crippen LogP contribution in [0.5, 0.6) is 0 Å². The van der Waals surface area contributed by atoms with Crippen molar-refractivity contribution in [3.63, 3.8) is 0 Å². The molecule has 200 valence electrons. The molecule has 0 bridgehead atoms. The number of hydrogen-bond acceptors (Lipinski definition) is 8. The summed E-state index contributed by atoms with van der Waals surface area (Å²) >= 11 is 0. The highest BCUT2D eigenvalue weighted by Crippen LogP contribution is 2.38. The Kier molecular flexibility index (Phi) is 7.26. The van der Waals surface area contributed by atoms with E-state index < -0.39 is 0 Å². The Morgan fingerprint density at radius 3 is 2.55 bits per heavy atom. The number of nitrogens with one attached hydrogen (secondary N) is 2. The number of rotatable bonds is 6. The van der Waals surface area contributed by atoms with Gasteiger partial charge < -0.3 is 15.5 Å². The van der Waals surface area contributed by atoms with E-state index in [1.165, 1.54) is 30.4 Å². The maximum Gasteiger partial charge on any atom is 0.230 e. The summed E-state index contributed by atoms with van der Waals surface area (Å²) in [7, 11) is 0. The number of allylic oxidation sites excluding steroid dienone is 2. The Bertz CT molecular complexity index is 1240. The number of piperazine rings is 1. The smallest absolute Gasteiger partial charge is 0.230 e. The van der Waals surface area contributed by atoms with Crippen molar-refractivity contribution < 1.29 is 4.79 Å². The Morgan fingerprint density at radius 2 is 1.87 bits per heavy atom. The van der Waals surface area contributed by atoms with E-state index in [1.807, 2.05) is 25.4 Å². The van der Waals surface area contributed by atoms with E-state index in [2.05, 4.69) is 37.6 Å². The highest BCUT2D eigenvalue weighted by atomic mass is 16.1. The molecule has 0 aromatic carbocycles. The van der Waals surface area contributed by atoms with Crippen LogP contribution in [0, 0.1) is 0 Å². The number of anilines is 3. The third-order valence-corrected chi connectivity index (χ3v) is 8.84. The summed E-state index contributed by atoms with van der Waals surface area (Å²) in [6.07, 6.45) is 14.4. The van der Waals surface area contributed by atoms with Gasteiger partial charge in [-0.15, -0.1) is 0 Å². The zero-order chi connectivity index (χ0) is 26.1. The highest BCUT2D eigenvalue weighted by molar-refractivity contribution is 6.04. The van der Waals surface area contributed by atoms with Gasteiger partial charge in [-0.2, -0.15) is 4.98 Å². The number of aromatic nitrogens is 3. The Balaban J connectivity index is 1.17. The number of ketones is 1. The number of hydrogen-bond donors (Lipinski definition) is 2. The molecule has 2 fully saturated rings. The van der Waals surface area contributed by atoms with Crippen LogP contribution >= 0.6 is 0 Å². The van der Waals surface area contributed by atoms with Crippen LogP contribution in [0.15, 0.2) is 36.2 Å². The monoisotopic (exact) mass is 513 g/mol. The second-order valence-corrected chi connectivity index (χ2v) is 11.2. The molecule has 2 aliphatic heterocycles. The molecule has 2 aliphatic carbocycles. The first-order valence-corrected chi connectivity index (χ1v) is 14.3. The van der Waals surface area contributed by atoms with E-state index in [-0.39, 0.29) is 5.78 Å². The quantitative estimate of drug-likeness (QED) is 0.581. The molecule has 2 aromatic rings. The maximum atomic E-state index is 12.4. The molecule has 1 saturated carbocycles. The van der Waals surface area contributed by atoms with Gasteiger partial charge in [0, 0.05) is 68.3 Å². The van der Waals surface area contributed by atoms with Gasteiger partial charge in [0.15, 0.2) is 5.78 Å². The van der Waals surface area contributed by atoms with E-state index in [0.29, 0.717) is 24.6 Å². The highest BCUT2D eigenvalue weighted by Gasteiger charge is 2.32. The number of carbonyl (C=O) groups excluding carboxylic acids is 1. The Hall–Kier alpha value is -3.10. The number of pyridine rings is 1. The minimum atomic E-state index is 0.134. The average Bonchev–Trinajstić information content (AvgIpc) is 3.49. The van der Waals surface area contributed by atoms with Crippen LogP contribution in [0.1, 0.15) is 69.9 Å². The van der Waals surface area contributed by atoms with Gasteiger partial charge >= 0.3 is 0 Å². The van der Waals surface area contributed by atoms with Crippen molar-refractivity contribution >= 4 is 34.5 Å². The fourth-order valence-corrected chi connectivity index (χ4v) is 6.57. The van der Waals surface area contributed by atoms with Crippen LogP contribution in [0.2, 0.25) is 0 Å². The predicted molar refractivity (Wildman–Crippen MR) is 152 cm³/mol. The molecule has 1 atom stereocenters. The first-order chi connectivity index (χ1) is 18.6. The van der Waals surface area contributed by atoms with E-state index in [0.717, 1.165) is 80.2 Å².